The molecule has 0 unspecified atom stereocenters. The van der Waals surface area contributed by atoms with Crippen molar-refractivity contribution in [1.29, 1.82) is 0 Å². The van der Waals surface area contributed by atoms with Crippen LogP contribution in [-0.2, 0) is 9.53 Å². The first-order chi connectivity index (χ1) is 15.4. The van der Waals surface area contributed by atoms with E-state index in [9.17, 15) is 14.4 Å². The van der Waals surface area contributed by atoms with Crippen LogP contribution < -0.4 is 10.6 Å². The number of carboxylic acid groups (broad SMARTS) is 1. The molecular formula is C25H22N2O5. The second-order valence-corrected chi connectivity index (χ2v) is 7.56. The van der Waals surface area contributed by atoms with Gasteiger partial charge in [0.15, 0.2) is 0 Å². The largest absolute Gasteiger partial charge is 0.480 e. The topological polar surface area (TPSA) is 105 Å². The normalized spacial score (nSPS) is 12.9. The summed E-state index contributed by atoms with van der Waals surface area (Å²) in [4.78, 5) is 35.6. The average Bonchev–Trinajstić information content (AvgIpc) is 3.11. The first-order valence-corrected chi connectivity index (χ1v) is 10.2. The molecule has 1 aliphatic carbocycles. The fourth-order valence-electron chi connectivity index (χ4n) is 3.83. The van der Waals surface area contributed by atoms with Crippen molar-refractivity contribution >= 4 is 23.7 Å². The molecule has 0 saturated heterocycles. The van der Waals surface area contributed by atoms with Gasteiger partial charge in [-0.3, -0.25) is 14.9 Å². The lowest BCUT2D eigenvalue weighted by molar-refractivity contribution is -0.138. The van der Waals surface area contributed by atoms with Gasteiger partial charge in [0.1, 0.15) is 12.6 Å². The summed E-state index contributed by atoms with van der Waals surface area (Å²) in [5, 5.41) is 13.9. The van der Waals surface area contributed by atoms with Gasteiger partial charge in [-0.05, 0) is 47.4 Å². The molecule has 0 aliphatic heterocycles. The molecule has 0 radical (unpaired) electrons. The molecule has 3 aromatic rings. The summed E-state index contributed by atoms with van der Waals surface area (Å²) >= 11 is 0. The van der Waals surface area contributed by atoms with Gasteiger partial charge in [-0.15, -0.1) is 0 Å². The van der Waals surface area contributed by atoms with Crippen LogP contribution in [-0.4, -0.2) is 35.7 Å². The molecule has 7 heteroatoms. The van der Waals surface area contributed by atoms with Gasteiger partial charge in [0.25, 0.3) is 5.91 Å². The van der Waals surface area contributed by atoms with Crippen molar-refractivity contribution < 1.29 is 24.2 Å². The van der Waals surface area contributed by atoms with Crippen molar-refractivity contribution in [2.45, 2.75) is 18.9 Å². The number of carbonyl (C=O) groups is 3. The Morgan fingerprint density at radius 3 is 2.19 bits per heavy atom. The summed E-state index contributed by atoms with van der Waals surface area (Å²) in [6.07, 6.45) is -0.636. The van der Waals surface area contributed by atoms with E-state index in [1.807, 2.05) is 36.4 Å². The summed E-state index contributed by atoms with van der Waals surface area (Å²) in [6, 6.07) is 21.3. The lowest BCUT2D eigenvalue weighted by atomic mass is 9.98. The van der Waals surface area contributed by atoms with Gasteiger partial charge < -0.3 is 15.2 Å². The monoisotopic (exact) mass is 430 g/mol. The predicted octanol–water partition coefficient (Wildman–Crippen LogP) is 4.25. The minimum atomic E-state index is -1.13. The number of ether oxygens (including phenoxy) is 1. The molecule has 3 aromatic carbocycles. The quantitative estimate of drug-likeness (QED) is 0.542. The van der Waals surface area contributed by atoms with Gasteiger partial charge in [-0.2, -0.15) is 0 Å². The summed E-state index contributed by atoms with van der Waals surface area (Å²) in [7, 11) is 0. The molecule has 0 aromatic heterocycles. The lowest BCUT2D eigenvalue weighted by Crippen LogP contribution is -2.38. The number of amides is 2. The minimum absolute atomic E-state index is 0.0530. The van der Waals surface area contributed by atoms with Crippen molar-refractivity contribution in [3.05, 3.63) is 89.5 Å². The van der Waals surface area contributed by atoms with E-state index in [0.29, 0.717) is 5.69 Å². The van der Waals surface area contributed by atoms with E-state index < -0.39 is 24.0 Å². The molecule has 32 heavy (non-hydrogen) atoms. The lowest BCUT2D eigenvalue weighted by Gasteiger charge is -2.15. The molecule has 0 bridgehead atoms. The molecule has 1 atom stereocenters. The zero-order chi connectivity index (χ0) is 22.7. The van der Waals surface area contributed by atoms with Crippen molar-refractivity contribution in [1.82, 2.24) is 5.32 Å². The van der Waals surface area contributed by atoms with Gasteiger partial charge in [0, 0.05) is 17.2 Å². The summed E-state index contributed by atoms with van der Waals surface area (Å²) in [5.74, 6) is -1.73. The van der Waals surface area contributed by atoms with Crippen LogP contribution in [0.15, 0.2) is 72.8 Å². The molecule has 7 nitrogen and oxygen atoms in total. The fourth-order valence-corrected chi connectivity index (χ4v) is 3.83. The van der Waals surface area contributed by atoms with Crippen LogP contribution in [0.25, 0.3) is 11.1 Å². The van der Waals surface area contributed by atoms with E-state index in [4.69, 9.17) is 9.84 Å². The van der Waals surface area contributed by atoms with E-state index in [1.165, 1.54) is 19.1 Å². The highest BCUT2D eigenvalue weighted by Gasteiger charge is 2.29. The van der Waals surface area contributed by atoms with E-state index in [-0.39, 0.29) is 18.1 Å². The molecule has 0 heterocycles. The Hall–Kier alpha value is -4.13. The van der Waals surface area contributed by atoms with Crippen LogP contribution in [0.2, 0.25) is 0 Å². The number of carbonyl (C=O) groups excluding carboxylic acids is 2. The van der Waals surface area contributed by atoms with Crippen LogP contribution >= 0.6 is 0 Å². The van der Waals surface area contributed by atoms with Gasteiger partial charge in [0.2, 0.25) is 0 Å². The molecule has 0 saturated carbocycles. The number of hydrogen-bond donors (Lipinski definition) is 3. The molecule has 162 valence electrons. The Bertz CT molecular complexity index is 1140. The molecule has 0 fully saturated rings. The van der Waals surface area contributed by atoms with Crippen LogP contribution in [0, 0.1) is 0 Å². The molecule has 2 amide bonds. The standard InChI is InChI=1S/C25H22N2O5/c1-15(24(29)30)26-23(28)16-7-6-8-17(13-16)27-25(31)32-14-22-20-11-4-2-9-18(20)19-10-3-5-12-21(19)22/h2-13,15,22H,14H2,1H3,(H,26,28)(H,27,31)(H,29,30)/t15-/m1/s1. The maximum atomic E-state index is 12.4. The minimum Gasteiger partial charge on any atom is -0.480 e. The Kier molecular flexibility index (Phi) is 5.89. The van der Waals surface area contributed by atoms with Crippen molar-refractivity contribution in [2.24, 2.45) is 0 Å². The smallest absolute Gasteiger partial charge is 0.411 e. The first-order valence-electron chi connectivity index (χ1n) is 10.2. The highest BCUT2D eigenvalue weighted by Crippen LogP contribution is 2.44. The number of carboxylic acids is 1. The Labute approximate surface area is 185 Å². The number of rotatable bonds is 6. The summed E-state index contributed by atoms with van der Waals surface area (Å²) in [5.41, 5.74) is 5.13. The highest BCUT2D eigenvalue weighted by molar-refractivity contribution is 5.98. The fraction of sp³-hybridized carbons (Fsp3) is 0.160. The van der Waals surface area contributed by atoms with Gasteiger partial charge in [-0.1, -0.05) is 54.6 Å². The third-order valence-electron chi connectivity index (χ3n) is 5.43. The SMILES string of the molecule is C[C@@H](NC(=O)c1cccc(NC(=O)OCC2c3ccccc3-c3ccccc32)c1)C(=O)O. The van der Waals surface area contributed by atoms with Crippen LogP contribution in [0.4, 0.5) is 10.5 Å². The molecule has 3 N–H and O–H groups in total. The van der Waals surface area contributed by atoms with Crippen molar-refractivity contribution in [2.75, 3.05) is 11.9 Å². The number of fused-ring (bicyclic) bond motifs is 3. The maximum Gasteiger partial charge on any atom is 0.411 e. The third kappa shape index (κ3) is 4.32. The van der Waals surface area contributed by atoms with Crippen LogP contribution in [0.5, 0.6) is 0 Å². The van der Waals surface area contributed by atoms with Crippen molar-refractivity contribution in [3.63, 3.8) is 0 Å². The third-order valence-corrected chi connectivity index (χ3v) is 5.43. The summed E-state index contributed by atoms with van der Waals surface area (Å²) in [6.45, 7) is 1.55. The summed E-state index contributed by atoms with van der Waals surface area (Å²) < 4.78 is 5.51. The van der Waals surface area contributed by atoms with E-state index in [1.54, 1.807) is 12.1 Å². The second-order valence-electron chi connectivity index (χ2n) is 7.56. The predicted molar refractivity (Wildman–Crippen MR) is 120 cm³/mol. The Morgan fingerprint density at radius 1 is 0.938 bits per heavy atom. The van der Waals surface area contributed by atoms with Gasteiger partial charge >= 0.3 is 12.1 Å². The first kappa shape index (κ1) is 21.1. The second kappa shape index (κ2) is 8.93. The molecule has 4 rings (SSSR count). The van der Waals surface area contributed by atoms with E-state index >= 15 is 0 Å². The van der Waals surface area contributed by atoms with Crippen molar-refractivity contribution in [3.8, 4) is 11.1 Å². The molecule has 1 aliphatic rings. The average molecular weight is 430 g/mol. The Morgan fingerprint density at radius 2 is 1.56 bits per heavy atom. The zero-order valence-corrected chi connectivity index (χ0v) is 17.4. The van der Waals surface area contributed by atoms with E-state index in [2.05, 4.69) is 22.8 Å². The number of anilines is 1. The Balaban J connectivity index is 1.41. The zero-order valence-electron chi connectivity index (χ0n) is 17.4. The van der Waals surface area contributed by atoms with Gasteiger partial charge in [-0.25, -0.2) is 4.79 Å². The number of nitrogens with one attached hydrogen (secondary N) is 2. The van der Waals surface area contributed by atoms with Gasteiger partial charge in [0.05, 0.1) is 0 Å². The highest BCUT2D eigenvalue weighted by atomic mass is 16.5. The molecule has 0 spiro atoms. The van der Waals surface area contributed by atoms with Crippen LogP contribution in [0.3, 0.4) is 0 Å². The number of aliphatic carboxylic acids is 1. The van der Waals surface area contributed by atoms with Crippen LogP contribution in [0.1, 0.15) is 34.3 Å². The number of hydrogen-bond acceptors (Lipinski definition) is 4. The maximum absolute atomic E-state index is 12.4. The molecular weight excluding hydrogens is 408 g/mol. The number of benzene rings is 3. The van der Waals surface area contributed by atoms with E-state index in [0.717, 1.165) is 22.3 Å².